The first-order valence-electron chi connectivity index (χ1n) is 29.2. The van der Waals surface area contributed by atoms with Crippen LogP contribution in [0.15, 0.2) is 0 Å². The average Bonchev–Trinajstić information content (AvgIpc) is 3.33. The molecule has 0 heterocycles. The van der Waals surface area contributed by atoms with Crippen LogP contribution in [0.3, 0.4) is 0 Å². The first kappa shape index (κ1) is 66.7. The Morgan fingerprint density at radius 3 is 0.985 bits per heavy atom. The summed E-state index contributed by atoms with van der Waals surface area (Å²) in [6.45, 7) is 17.5. The molecule has 68 heavy (non-hydrogen) atoms. The summed E-state index contributed by atoms with van der Waals surface area (Å²) >= 11 is 0. The average molecular weight is 972 g/mol. The molecule has 0 radical (unpaired) electrons. The van der Waals surface area contributed by atoms with Gasteiger partial charge in [-0.05, 0) is 71.5 Å². The summed E-state index contributed by atoms with van der Waals surface area (Å²) in [7, 11) is 2.07. The minimum atomic E-state index is -0.334. The van der Waals surface area contributed by atoms with Crippen LogP contribution in [0.5, 0.6) is 0 Å². The number of esters is 2. The van der Waals surface area contributed by atoms with Gasteiger partial charge >= 0.3 is 11.9 Å². The third kappa shape index (κ3) is 49.6. The Morgan fingerprint density at radius 2 is 0.662 bits per heavy atom. The number of ether oxygens (including phenoxy) is 6. The molecule has 0 fully saturated rings. The monoisotopic (exact) mass is 971 g/mol. The lowest BCUT2D eigenvalue weighted by molar-refractivity contribution is -0.159. The van der Waals surface area contributed by atoms with Crippen molar-refractivity contribution in [3.05, 3.63) is 0 Å². The smallest absolute Gasteiger partial charge is 0.305 e. The molecular formula is C57H114N2O9. The third-order valence-electron chi connectivity index (χ3n) is 12.9. The molecule has 406 valence electrons. The van der Waals surface area contributed by atoms with Crippen LogP contribution in [0, 0.1) is 0 Å². The predicted octanol–water partition coefficient (Wildman–Crippen LogP) is 14.1. The number of rotatable bonds is 57. The fourth-order valence-corrected chi connectivity index (χ4v) is 8.32. The molecule has 0 rings (SSSR count). The zero-order valence-corrected chi connectivity index (χ0v) is 45.7. The fourth-order valence-electron chi connectivity index (χ4n) is 8.32. The normalized spacial score (nSPS) is 11.9. The van der Waals surface area contributed by atoms with E-state index >= 15 is 0 Å². The van der Waals surface area contributed by atoms with Crippen molar-refractivity contribution in [2.24, 2.45) is 0 Å². The number of carbonyl (C=O) groups is 2. The minimum absolute atomic E-state index is 0.158. The maximum absolute atomic E-state index is 12.7. The van der Waals surface area contributed by atoms with Crippen molar-refractivity contribution < 1.29 is 43.1 Å². The van der Waals surface area contributed by atoms with E-state index in [9.17, 15) is 14.7 Å². The van der Waals surface area contributed by atoms with Crippen LogP contribution in [0.25, 0.3) is 0 Å². The van der Waals surface area contributed by atoms with Crippen LogP contribution in [0.1, 0.15) is 259 Å². The van der Waals surface area contributed by atoms with Gasteiger partial charge in [0.15, 0.2) is 12.6 Å². The summed E-state index contributed by atoms with van der Waals surface area (Å²) in [6, 6.07) is 0. The van der Waals surface area contributed by atoms with Crippen molar-refractivity contribution in [2.45, 2.75) is 271 Å². The van der Waals surface area contributed by atoms with Gasteiger partial charge in [0.1, 0.15) is 0 Å². The van der Waals surface area contributed by atoms with Gasteiger partial charge in [-0.15, -0.1) is 0 Å². The van der Waals surface area contributed by atoms with E-state index in [1.54, 1.807) is 0 Å². The molecule has 0 spiro atoms. The molecule has 0 saturated heterocycles. The lowest BCUT2D eigenvalue weighted by Crippen LogP contribution is -2.35. The van der Waals surface area contributed by atoms with E-state index in [0.29, 0.717) is 71.9 Å². The first-order valence-corrected chi connectivity index (χ1v) is 29.2. The van der Waals surface area contributed by atoms with Crippen molar-refractivity contribution in [1.29, 1.82) is 0 Å². The maximum Gasteiger partial charge on any atom is 0.305 e. The second kappa shape index (κ2) is 55.0. The van der Waals surface area contributed by atoms with E-state index in [2.05, 4.69) is 44.5 Å². The van der Waals surface area contributed by atoms with Gasteiger partial charge < -0.3 is 43.3 Å². The van der Waals surface area contributed by atoms with E-state index in [1.807, 2.05) is 0 Å². The zero-order valence-electron chi connectivity index (χ0n) is 45.7. The number of nitrogens with zero attached hydrogens (tertiary/aromatic N) is 2. The van der Waals surface area contributed by atoms with Gasteiger partial charge in [-0.1, -0.05) is 182 Å². The van der Waals surface area contributed by atoms with E-state index in [1.165, 1.54) is 128 Å². The van der Waals surface area contributed by atoms with Crippen molar-refractivity contribution in [2.75, 3.05) is 86.0 Å². The summed E-state index contributed by atoms with van der Waals surface area (Å²) in [5.41, 5.74) is 0. The van der Waals surface area contributed by atoms with Crippen molar-refractivity contribution in [1.82, 2.24) is 9.80 Å². The summed E-state index contributed by atoms with van der Waals surface area (Å²) in [6.07, 6.45) is 38.6. The predicted molar refractivity (Wildman–Crippen MR) is 283 cm³/mol. The van der Waals surface area contributed by atoms with E-state index in [-0.39, 0.29) is 31.1 Å². The van der Waals surface area contributed by atoms with Crippen LogP contribution >= 0.6 is 0 Å². The maximum atomic E-state index is 12.7. The molecule has 0 aromatic heterocycles. The van der Waals surface area contributed by atoms with Gasteiger partial charge in [-0.25, -0.2) is 0 Å². The van der Waals surface area contributed by atoms with Gasteiger partial charge in [0, 0.05) is 58.9 Å². The molecule has 0 bridgehead atoms. The van der Waals surface area contributed by atoms with Crippen LogP contribution in [0.2, 0.25) is 0 Å². The number of aliphatic hydroxyl groups is 1. The standard InChI is InChI=1S/C57H114N2O9/c1-6-10-14-18-24-34-50-65-56(66-51-35-25-19-15-11-7-2)40-38-54(61)63-48-32-28-22-30-42-59(45-44-58(5)46-47-60)43-31-23-29-33-49-64-55(62)39-41-57(67-52-36-26-20-16-12-8-3)68-53-37-27-21-17-13-9-4/h56-57,60H,6-53H2,1-5H3. The Bertz CT molecular complexity index is 917. The summed E-state index contributed by atoms with van der Waals surface area (Å²) < 4.78 is 35.7. The lowest BCUT2D eigenvalue weighted by atomic mass is 10.1. The van der Waals surface area contributed by atoms with Crippen LogP contribution in [0.4, 0.5) is 0 Å². The highest BCUT2D eigenvalue weighted by atomic mass is 16.7. The van der Waals surface area contributed by atoms with Crippen LogP contribution in [-0.2, 0) is 38.0 Å². The second-order valence-electron chi connectivity index (χ2n) is 19.6. The quantitative estimate of drug-likeness (QED) is 0.0357. The third-order valence-corrected chi connectivity index (χ3v) is 12.9. The summed E-state index contributed by atoms with van der Waals surface area (Å²) in [5, 5.41) is 9.40. The largest absolute Gasteiger partial charge is 0.466 e. The zero-order chi connectivity index (χ0) is 49.6. The molecule has 0 aromatic rings. The Kier molecular flexibility index (Phi) is 53.9. The molecule has 11 heteroatoms. The first-order chi connectivity index (χ1) is 33.4. The molecule has 0 amide bonds. The summed E-state index contributed by atoms with van der Waals surface area (Å²) in [5.74, 6) is -0.315. The van der Waals surface area contributed by atoms with Gasteiger partial charge in [0.2, 0.25) is 0 Å². The van der Waals surface area contributed by atoms with E-state index in [0.717, 1.165) is 103 Å². The number of hydrogen-bond acceptors (Lipinski definition) is 11. The van der Waals surface area contributed by atoms with E-state index < -0.39 is 0 Å². The SMILES string of the molecule is CCCCCCCCOC(CCC(=O)OCCCCCCN(CCCCCCOC(=O)CCC(OCCCCCCCC)OCCCCCCCC)CCN(C)CCO)OCCCCCCCC. The Balaban J connectivity index is 4.49. The highest BCUT2D eigenvalue weighted by Gasteiger charge is 2.15. The van der Waals surface area contributed by atoms with Crippen molar-refractivity contribution >= 4 is 11.9 Å². The molecule has 0 aromatic carbocycles. The number of likely N-dealkylation sites (N-methyl/N-ethyl adjacent to an activating group) is 1. The Morgan fingerprint density at radius 1 is 0.368 bits per heavy atom. The molecular weight excluding hydrogens is 857 g/mol. The second-order valence-corrected chi connectivity index (χ2v) is 19.6. The number of carbonyl (C=O) groups excluding carboxylic acids is 2. The molecule has 11 nitrogen and oxygen atoms in total. The molecule has 0 aliphatic rings. The Labute approximate surface area is 420 Å². The van der Waals surface area contributed by atoms with E-state index in [4.69, 9.17) is 28.4 Å². The highest BCUT2D eigenvalue weighted by Crippen LogP contribution is 2.15. The Hall–Kier alpha value is -1.34. The molecule has 0 unspecified atom stereocenters. The summed E-state index contributed by atoms with van der Waals surface area (Å²) in [4.78, 5) is 30.0. The topological polar surface area (TPSA) is 116 Å². The van der Waals surface area contributed by atoms with Crippen molar-refractivity contribution in [3.63, 3.8) is 0 Å². The van der Waals surface area contributed by atoms with Gasteiger partial charge in [-0.3, -0.25) is 9.59 Å². The van der Waals surface area contributed by atoms with Crippen LogP contribution < -0.4 is 0 Å². The van der Waals surface area contributed by atoms with Gasteiger partial charge in [-0.2, -0.15) is 0 Å². The van der Waals surface area contributed by atoms with Gasteiger partial charge in [0.05, 0.1) is 32.7 Å². The lowest BCUT2D eigenvalue weighted by Gasteiger charge is -2.25. The molecule has 1 N–H and O–H groups in total. The van der Waals surface area contributed by atoms with Crippen LogP contribution in [-0.4, -0.2) is 125 Å². The molecule has 0 saturated carbocycles. The molecule has 0 atom stereocenters. The minimum Gasteiger partial charge on any atom is -0.466 e. The highest BCUT2D eigenvalue weighted by molar-refractivity contribution is 5.69. The fraction of sp³-hybridized carbons (Fsp3) is 0.965. The number of aliphatic hydroxyl groups excluding tert-OH is 1. The number of hydrogen-bond donors (Lipinski definition) is 1. The molecule has 0 aliphatic heterocycles. The molecule has 0 aliphatic carbocycles. The van der Waals surface area contributed by atoms with Gasteiger partial charge in [0.25, 0.3) is 0 Å². The number of unbranched alkanes of at least 4 members (excludes halogenated alkanes) is 26. The van der Waals surface area contributed by atoms with Crippen molar-refractivity contribution in [3.8, 4) is 0 Å².